The first-order valence-corrected chi connectivity index (χ1v) is 17.0. The number of benzene rings is 3. The van der Waals surface area contributed by atoms with Crippen molar-refractivity contribution in [2.45, 2.75) is 56.5 Å². The molecule has 1 heterocycles. The van der Waals surface area contributed by atoms with Gasteiger partial charge in [0.25, 0.3) is 5.91 Å². The summed E-state index contributed by atoms with van der Waals surface area (Å²) in [6.45, 7) is 4.10. The summed E-state index contributed by atoms with van der Waals surface area (Å²) in [5.41, 5.74) is 7.48. The van der Waals surface area contributed by atoms with Gasteiger partial charge >= 0.3 is 0 Å². The largest absolute Gasteiger partial charge is 0.399 e. The van der Waals surface area contributed by atoms with Gasteiger partial charge in [-0.05, 0) is 71.5 Å². The molecule has 0 radical (unpaired) electrons. The van der Waals surface area contributed by atoms with Gasteiger partial charge in [0, 0.05) is 43.6 Å². The first-order valence-electron chi connectivity index (χ1n) is 15.5. The van der Waals surface area contributed by atoms with Crippen LogP contribution in [0.1, 0.15) is 49.0 Å². The maximum Gasteiger partial charge on any atom is 0.253 e. The van der Waals surface area contributed by atoms with E-state index in [2.05, 4.69) is 15.6 Å². The van der Waals surface area contributed by atoms with Crippen LogP contribution in [-0.2, 0) is 21.2 Å². The first kappa shape index (κ1) is 34.6. The maximum atomic E-state index is 13.5. The van der Waals surface area contributed by atoms with Crippen LogP contribution in [0.4, 0.5) is 5.69 Å². The number of amides is 2. The van der Waals surface area contributed by atoms with E-state index in [9.17, 15) is 23.1 Å². The predicted octanol–water partition coefficient (Wildman–Crippen LogP) is 4.15. The van der Waals surface area contributed by atoms with Crippen molar-refractivity contribution in [3.63, 3.8) is 0 Å². The van der Waals surface area contributed by atoms with Gasteiger partial charge in [0.15, 0.2) is 0 Å². The number of nitrogens with two attached hydrogens (primary N) is 1. The minimum Gasteiger partial charge on any atom is -0.399 e. The molecule has 5 N–H and O–H groups in total. The fourth-order valence-corrected chi connectivity index (χ4v) is 7.10. The molecule has 10 nitrogen and oxygen atoms in total. The summed E-state index contributed by atoms with van der Waals surface area (Å²) in [5.74, 6) is -0.679. The van der Waals surface area contributed by atoms with E-state index in [4.69, 9.17) is 5.73 Å². The Kier molecular flexibility index (Phi) is 12.2. The second kappa shape index (κ2) is 16.3. The Morgan fingerprint density at radius 3 is 2.37 bits per heavy atom. The van der Waals surface area contributed by atoms with Crippen molar-refractivity contribution >= 4 is 38.3 Å². The number of sulfonamides is 1. The van der Waals surface area contributed by atoms with Gasteiger partial charge in [-0.1, -0.05) is 62.7 Å². The van der Waals surface area contributed by atoms with Gasteiger partial charge in [0.05, 0.1) is 17.1 Å². The molecule has 0 bridgehead atoms. The van der Waals surface area contributed by atoms with E-state index in [0.717, 1.165) is 16.3 Å². The third kappa shape index (κ3) is 9.35. The van der Waals surface area contributed by atoms with Crippen molar-refractivity contribution in [2.75, 3.05) is 25.4 Å². The molecule has 3 aromatic carbocycles. The molecular formula is C35H43N5O5S. The second-order valence-corrected chi connectivity index (χ2v) is 13.7. The van der Waals surface area contributed by atoms with E-state index in [1.54, 1.807) is 30.5 Å². The smallest absolute Gasteiger partial charge is 0.253 e. The van der Waals surface area contributed by atoms with Gasteiger partial charge < -0.3 is 21.5 Å². The molecule has 0 aliphatic heterocycles. The Balaban J connectivity index is 1.39. The normalized spacial score (nSPS) is 13.1. The lowest BCUT2D eigenvalue weighted by Crippen LogP contribution is -2.48. The number of carbonyl (C=O) groups is 2. The zero-order valence-corrected chi connectivity index (χ0v) is 27.1. The molecule has 0 aliphatic rings. The lowest BCUT2D eigenvalue weighted by Gasteiger charge is -2.31. The van der Waals surface area contributed by atoms with Gasteiger partial charge in [-0.2, -0.15) is 4.31 Å². The number of hydrogen-bond acceptors (Lipinski definition) is 7. The SMILES string of the molecule is CC(C)CN(C(CO)CCCCNC(=O)C(Cc1ccc2ccccc2c1)NC(=O)c1cccnc1)S(=O)(=O)c1ccc(N)cc1. The molecule has 4 aromatic rings. The summed E-state index contributed by atoms with van der Waals surface area (Å²) >= 11 is 0. The van der Waals surface area contributed by atoms with Crippen LogP contribution in [0.2, 0.25) is 0 Å². The summed E-state index contributed by atoms with van der Waals surface area (Å²) in [6, 6.07) is 21.8. The van der Waals surface area contributed by atoms with E-state index < -0.39 is 28.0 Å². The number of aliphatic hydroxyl groups is 1. The van der Waals surface area contributed by atoms with Crippen LogP contribution in [0.3, 0.4) is 0 Å². The Hall–Kier alpha value is -4.32. The highest BCUT2D eigenvalue weighted by Crippen LogP contribution is 2.23. The minimum absolute atomic E-state index is 0.0401. The molecule has 2 unspecified atom stereocenters. The number of rotatable bonds is 16. The Labute approximate surface area is 271 Å². The van der Waals surface area contributed by atoms with Gasteiger partial charge in [0.2, 0.25) is 15.9 Å². The molecule has 0 aliphatic carbocycles. The molecule has 2 atom stereocenters. The number of nitrogen functional groups attached to an aromatic ring is 1. The van der Waals surface area contributed by atoms with Crippen LogP contribution in [0.25, 0.3) is 10.8 Å². The van der Waals surface area contributed by atoms with Gasteiger partial charge in [0.1, 0.15) is 6.04 Å². The number of fused-ring (bicyclic) bond motifs is 1. The molecular weight excluding hydrogens is 602 g/mol. The summed E-state index contributed by atoms with van der Waals surface area (Å²) in [4.78, 5) is 30.5. The van der Waals surface area contributed by atoms with Crippen molar-refractivity contribution in [2.24, 2.45) is 5.92 Å². The van der Waals surface area contributed by atoms with Gasteiger partial charge in [-0.15, -0.1) is 0 Å². The lowest BCUT2D eigenvalue weighted by molar-refractivity contribution is -0.122. The fraction of sp³-hybridized carbons (Fsp3) is 0.343. The first-order chi connectivity index (χ1) is 22.1. The van der Waals surface area contributed by atoms with E-state index in [-0.39, 0.29) is 29.9 Å². The van der Waals surface area contributed by atoms with Crippen molar-refractivity contribution < 1.29 is 23.1 Å². The molecule has 244 valence electrons. The molecule has 46 heavy (non-hydrogen) atoms. The average molecular weight is 646 g/mol. The summed E-state index contributed by atoms with van der Waals surface area (Å²) in [7, 11) is -3.87. The Morgan fingerprint density at radius 1 is 0.957 bits per heavy atom. The van der Waals surface area contributed by atoms with Gasteiger partial charge in [-0.3, -0.25) is 14.6 Å². The number of aliphatic hydroxyl groups excluding tert-OH is 1. The zero-order valence-electron chi connectivity index (χ0n) is 26.3. The number of carbonyl (C=O) groups excluding carboxylic acids is 2. The third-order valence-electron chi connectivity index (χ3n) is 7.71. The molecule has 4 rings (SSSR count). The number of unbranched alkanes of at least 4 members (excludes halogenated alkanes) is 1. The lowest BCUT2D eigenvalue weighted by atomic mass is 10.0. The number of hydrogen-bond donors (Lipinski definition) is 4. The number of pyridine rings is 1. The van der Waals surface area contributed by atoms with Crippen molar-refractivity contribution in [3.8, 4) is 0 Å². The third-order valence-corrected chi connectivity index (χ3v) is 9.64. The van der Waals surface area contributed by atoms with E-state index in [0.29, 0.717) is 43.5 Å². The summed E-state index contributed by atoms with van der Waals surface area (Å²) in [5, 5.41) is 18.1. The molecule has 1 aromatic heterocycles. The number of nitrogens with one attached hydrogen (secondary N) is 2. The van der Waals surface area contributed by atoms with Crippen molar-refractivity contribution in [1.82, 2.24) is 19.9 Å². The van der Waals surface area contributed by atoms with Crippen LogP contribution in [0, 0.1) is 5.92 Å². The zero-order chi connectivity index (χ0) is 33.1. The van der Waals surface area contributed by atoms with Crippen molar-refractivity contribution in [3.05, 3.63) is 102 Å². The monoisotopic (exact) mass is 645 g/mol. The minimum atomic E-state index is -3.87. The fourth-order valence-electron chi connectivity index (χ4n) is 5.29. The summed E-state index contributed by atoms with van der Waals surface area (Å²) < 4.78 is 28.4. The van der Waals surface area contributed by atoms with Crippen LogP contribution in [0.5, 0.6) is 0 Å². The number of anilines is 1. The summed E-state index contributed by atoms with van der Waals surface area (Å²) in [6.07, 6.45) is 4.85. The standard InChI is InChI=1S/C35H43N5O5S/c1-25(2)23-40(46(44,45)32-16-14-30(36)15-17-32)31(24-41)11-5-6-19-38-35(43)33(39-34(42)29-10-7-18-37-22-29)21-26-12-13-27-8-3-4-9-28(27)20-26/h3-4,7-10,12-18,20,22,25,31,33,41H,5-6,11,19,21,23-24,36H2,1-2H3,(H,38,43)(H,39,42). The van der Waals surface area contributed by atoms with Gasteiger partial charge in [-0.25, -0.2) is 8.42 Å². The number of aromatic nitrogens is 1. The Morgan fingerprint density at radius 2 is 1.70 bits per heavy atom. The molecule has 0 saturated heterocycles. The van der Waals surface area contributed by atoms with E-state index >= 15 is 0 Å². The quantitative estimate of drug-likeness (QED) is 0.105. The molecule has 0 saturated carbocycles. The number of nitrogens with zero attached hydrogens (tertiary/aromatic N) is 2. The topological polar surface area (TPSA) is 155 Å². The highest BCUT2D eigenvalue weighted by atomic mass is 32.2. The van der Waals surface area contributed by atoms with Crippen molar-refractivity contribution in [1.29, 1.82) is 0 Å². The highest BCUT2D eigenvalue weighted by molar-refractivity contribution is 7.89. The molecule has 0 spiro atoms. The maximum absolute atomic E-state index is 13.5. The highest BCUT2D eigenvalue weighted by Gasteiger charge is 2.31. The van der Waals surface area contributed by atoms with Crippen LogP contribution >= 0.6 is 0 Å². The van der Waals surface area contributed by atoms with Crippen LogP contribution in [0.15, 0.2) is 96.2 Å². The van der Waals surface area contributed by atoms with Crippen LogP contribution in [-0.4, -0.2) is 66.4 Å². The average Bonchev–Trinajstić information content (AvgIpc) is 3.05. The van der Waals surface area contributed by atoms with Crippen LogP contribution < -0.4 is 16.4 Å². The van der Waals surface area contributed by atoms with E-state index in [1.807, 2.05) is 56.3 Å². The Bertz CT molecular complexity index is 1700. The molecule has 11 heteroatoms. The predicted molar refractivity (Wildman–Crippen MR) is 180 cm³/mol. The molecule has 0 fully saturated rings. The molecule has 2 amide bonds. The van der Waals surface area contributed by atoms with E-state index in [1.165, 1.54) is 22.6 Å². The second-order valence-electron chi connectivity index (χ2n) is 11.8.